The highest BCUT2D eigenvalue weighted by atomic mass is 32.2. The molecule has 0 amide bonds. The van der Waals surface area contributed by atoms with Crippen LogP contribution in [0, 0.1) is 5.82 Å². The number of esters is 2. The molecule has 10 heteroatoms. The van der Waals surface area contributed by atoms with Gasteiger partial charge in [-0.1, -0.05) is 18.2 Å². The number of rotatable bonds is 7. The van der Waals surface area contributed by atoms with Gasteiger partial charge in [0.05, 0.1) is 24.3 Å². The van der Waals surface area contributed by atoms with E-state index < -0.39 is 32.7 Å². The quantitative estimate of drug-likeness (QED) is 0.482. The summed E-state index contributed by atoms with van der Waals surface area (Å²) in [7, 11) is -4.11. The minimum atomic E-state index is -4.11. The predicted molar refractivity (Wildman–Crippen MR) is 103 cm³/mol. The second kappa shape index (κ2) is 9.79. The number of halogens is 1. The van der Waals surface area contributed by atoms with Crippen molar-refractivity contribution in [3.05, 3.63) is 65.5 Å². The van der Waals surface area contributed by atoms with Gasteiger partial charge < -0.3 is 14.2 Å². The van der Waals surface area contributed by atoms with E-state index in [0.717, 1.165) is 22.5 Å². The van der Waals surface area contributed by atoms with Crippen LogP contribution in [0.3, 0.4) is 0 Å². The Kier molecular flexibility index (Phi) is 7.14. The van der Waals surface area contributed by atoms with Crippen molar-refractivity contribution >= 4 is 22.0 Å². The number of ether oxygens (including phenoxy) is 3. The molecule has 2 aromatic carbocycles. The standard InChI is InChI=1S/C20H20FNO7S/c21-17-7-6-16(14-18(17)30(25,26)22-8-10-27-11-9-22)20(24)29-13-12-28-19(23)15-4-2-1-3-5-15/h1-7,14H,8-13H2. The summed E-state index contributed by atoms with van der Waals surface area (Å²) >= 11 is 0. The highest BCUT2D eigenvalue weighted by Gasteiger charge is 2.30. The average molecular weight is 437 g/mol. The molecule has 0 spiro atoms. The third-order valence-corrected chi connectivity index (χ3v) is 6.23. The molecule has 0 aromatic heterocycles. The van der Waals surface area contributed by atoms with E-state index >= 15 is 0 Å². The van der Waals surface area contributed by atoms with Crippen molar-refractivity contribution < 1.29 is 36.6 Å². The Morgan fingerprint density at radius 3 is 2.17 bits per heavy atom. The zero-order valence-electron chi connectivity index (χ0n) is 16.0. The number of hydrogen-bond acceptors (Lipinski definition) is 7. The van der Waals surface area contributed by atoms with Gasteiger partial charge in [0.2, 0.25) is 10.0 Å². The van der Waals surface area contributed by atoms with Gasteiger partial charge in [0.15, 0.2) is 0 Å². The van der Waals surface area contributed by atoms with Gasteiger partial charge in [-0.2, -0.15) is 4.31 Å². The van der Waals surface area contributed by atoms with Gasteiger partial charge in [0.25, 0.3) is 0 Å². The van der Waals surface area contributed by atoms with Crippen molar-refractivity contribution in [2.75, 3.05) is 39.5 Å². The van der Waals surface area contributed by atoms with Crippen LogP contribution in [-0.2, 0) is 24.2 Å². The molecule has 1 aliphatic heterocycles. The third-order valence-electron chi connectivity index (χ3n) is 4.31. The van der Waals surface area contributed by atoms with Crippen LogP contribution in [0.2, 0.25) is 0 Å². The molecule has 1 saturated heterocycles. The maximum Gasteiger partial charge on any atom is 0.338 e. The van der Waals surface area contributed by atoms with E-state index in [1.165, 1.54) is 0 Å². The summed E-state index contributed by atoms with van der Waals surface area (Å²) in [5.74, 6) is -2.38. The van der Waals surface area contributed by atoms with Crippen LogP contribution >= 0.6 is 0 Å². The topological polar surface area (TPSA) is 99.2 Å². The summed E-state index contributed by atoms with van der Waals surface area (Å²) in [6.45, 7) is 0.209. The zero-order valence-corrected chi connectivity index (χ0v) is 16.8. The molecule has 0 aliphatic carbocycles. The molecule has 1 aliphatic rings. The number of carbonyl (C=O) groups is 2. The Bertz CT molecular complexity index is 1010. The lowest BCUT2D eigenvalue weighted by molar-refractivity contribution is 0.0265. The summed E-state index contributed by atoms with van der Waals surface area (Å²) in [4.78, 5) is 23.4. The van der Waals surface area contributed by atoms with E-state index in [2.05, 4.69) is 0 Å². The molecule has 0 atom stereocenters. The fourth-order valence-corrected chi connectivity index (χ4v) is 4.26. The zero-order chi connectivity index (χ0) is 21.6. The maximum absolute atomic E-state index is 14.2. The van der Waals surface area contributed by atoms with Crippen LogP contribution in [0.1, 0.15) is 20.7 Å². The van der Waals surface area contributed by atoms with E-state index in [9.17, 15) is 22.4 Å². The molecule has 3 rings (SSSR count). The van der Waals surface area contributed by atoms with Gasteiger partial charge in [-0.3, -0.25) is 0 Å². The second-order valence-electron chi connectivity index (χ2n) is 6.30. The molecule has 0 radical (unpaired) electrons. The van der Waals surface area contributed by atoms with Crippen LogP contribution in [0.4, 0.5) is 4.39 Å². The van der Waals surface area contributed by atoms with E-state index in [1.807, 2.05) is 0 Å². The Labute approximate surface area is 173 Å². The van der Waals surface area contributed by atoms with Crippen molar-refractivity contribution in [1.82, 2.24) is 4.31 Å². The van der Waals surface area contributed by atoms with Gasteiger partial charge in [0.1, 0.15) is 23.9 Å². The van der Waals surface area contributed by atoms with Gasteiger partial charge in [-0.25, -0.2) is 22.4 Å². The number of sulfonamides is 1. The number of hydrogen-bond donors (Lipinski definition) is 0. The third kappa shape index (κ3) is 5.21. The molecule has 1 fully saturated rings. The summed E-state index contributed by atoms with van der Waals surface area (Å²) in [6.07, 6.45) is 0. The summed E-state index contributed by atoms with van der Waals surface area (Å²) in [6, 6.07) is 11.3. The lowest BCUT2D eigenvalue weighted by atomic mass is 10.2. The van der Waals surface area contributed by atoms with E-state index in [4.69, 9.17) is 14.2 Å². The number of carbonyl (C=O) groups excluding carboxylic acids is 2. The molecule has 160 valence electrons. The van der Waals surface area contributed by atoms with E-state index in [0.29, 0.717) is 5.56 Å². The molecule has 8 nitrogen and oxygen atoms in total. The van der Waals surface area contributed by atoms with Gasteiger partial charge >= 0.3 is 11.9 Å². The minimum absolute atomic E-state index is 0.100. The van der Waals surface area contributed by atoms with E-state index in [-0.39, 0.29) is 45.1 Å². The maximum atomic E-state index is 14.2. The first kappa shape index (κ1) is 21.9. The van der Waals surface area contributed by atoms with Gasteiger partial charge in [0, 0.05) is 13.1 Å². The molecule has 0 bridgehead atoms. The Morgan fingerprint density at radius 2 is 1.53 bits per heavy atom. The monoisotopic (exact) mass is 437 g/mol. The Hall–Kier alpha value is -2.82. The highest BCUT2D eigenvalue weighted by molar-refractivity contribution is 7.89. The first-order chi connectivity index (χ1) is 14.4. The molecular formula is C20H20FNO7S. The fraction of sp³-hybridized carbons (Fsp3) is 0.300. The van der Waals surface area contributed by atoms with Crippen molar-refractivity contribution in [3.8, 4) is 0 Å². The predicted octanol–water partition coefficient (Wildman–Crippen LogP) is 1.86. The molecule has 0 saturated carbocycles. The fourth-order valence-electron chi connectivity index (χ4n) is 2.76. The van der Waals surface area contributed by atoms with Crippen molar-refractivity contribution in [1.29, 1.82) is 0 Å². The lowest BCUT2D eigenvalue weighted by Crippen LogP contribution is -2.41. The first-order valence-electron chi connectivity index (χ1n) is 9.16. The van der Waals surface area contributed by atoms with Crippen molar-refractivity contribution in [3.63, 3.8) is 0 Å². The Balaban J connectivity index is 1.60. The van der Waals surface area contributed by atoms with Crippen LogP contribution in [0.15, 0.2) is 53.4 Å². The summed E-state index contributed by atoms with van der Waals surface area (Å²) in [5.41, 5.74) is 0.234. The molecule has 2 aromatic rings. The van der Waals surface area contributed by atoms with E-state index in [1.54, 1.807) is 30.3 Å². The summed E-state index contributed by atoms with van der Waals surface area (Å²) < 4.78 is 55.8. The highest BCUT2D eigenvalue weighted by Crippen LogP contribution is 2.22. The van der Waals surface area contributed by atoms with Crippen LogP contribution < -0.4 is 0 Å². The average Bonchev–Trinajstić information content (AvgIpc) is 2.77. The molecule has 0 unspecified atom stereocenters. The largest absolute Gasteiger partial charge is 0.458 e. The smallest absolute Gasteiger partial charge is 0.338 e. The number of nitrogens with zero attached hydrogens (tertiary/aromatic N) is 1. The normalized spacial score (nSPS) is 14.8. The molecule has 1 heterocycles. The van der Waals surface area contributed by atoms with Crippen molar-refractivity contribution in [2.45, 2.75) is 4.90 Å². The lowest BCUT2D eigenvalue weighted by Gasteiger charge is -2.26. The first-order valence-corrected chi connectivity index (χ1v) is 10.6. The van der Waals surface area contributed by atoms with Crippen molar-refractivity contribution in [2.24, 2.45) is 0 Å². The number of morpholine rings is 1. The SMILES string of the molecule is O=C(OCCOC(=O)c1ccc(F)c(S(=O)(=O)N2CCOCC2)c1)c1ccccc1. The molecule has 0 N–H and O–H groups in total. The molecule has 30 heavy (non-hydrogen) atoms. The van der Waals surface area contributed by atoms with Crippen LogP contribution in [0.25, 0.3) is 0 Å². The second-order valence-corrected chi connectivity index (χ2v) is 8.21. The number of benzene rings is 2. The summed E-state index contributed by atoms with van der Waals surface area (Å²) in [5, 5.41) is 0. The minimum Gasteiger partial charge on any atom is -0.458 e. The van der Waals surface area contributed by atoms with Crippen LogP contribution in [-0.4, -0.2) is 64.2 Å². The van der Waals surface area contributed by atoms with Gasteiger partial charge in [-0.15, -0.1) is 0 Å². The molecular weight excluding hydrogens is 417 g/mol. The van der Waals surface area contributed by atoms with Gasteiger partial charge in [-0.05, 0) is 30.3 Å². The Morgan fingerprint density at radius 1 is 0.933 bits per heavy atom. The van der Waals surface area contributed by atoms with Crippen LogP contribution in [0.5, 0.6) is 0 Å².